The molecule has 1 aromatic carbocycles. The Kier molecular flexibility index (Phi) is 2.14. The van der Waals surface area contributed by atoms with Crippen LogP contribution in [-0.4, -0.2) is 11.7 Å². The van der Waals surface area contributed by atoms with E-state index in [1.807, 2.05) is 0 Å². The van der Waals surface area contributed by atoms with Crippen LogP contribution in [0, 0.1) is 11.1 Å². The largest absolute Gasteiger partial charge is 0.398 e. The Labute approximate surface area is 69.8 Å². The van der Waals surface area contributed by atoms with Gasteiger partial charge in [0.1, 0.15) is 0 Å². The number of anilines is 1. The normalized spacial score (nSPS) is 9.42. The standard InChI is InChI=1S/C7H10N5/c1-12(10)7-3-5(8)2-6(4-7)11-9/h2-4,9-10H,8H2,1H3/q+1. The molecule has 0 aliphatic rings. The topological polar surface area (TPSA) is 89.1 Å². The quantitative estimate of drug-likeness (QED) is 0.349. The summed E-state index contributed by atoms with van der Waals surface area (Å²) in [5.41, 5.74) is 21.1. The molecule has 62 valence electrons. The van der Waals surface area contributed by atoms with E-state index in [1.165, 1.54) is 4.70 Å². The third-order valence-corrected chi connectivity index (χ3v) is 1.44. The minimum Gasteiger partial charge on any atom is -0.398 e. The van der Waals surface area contributed by atoms with Crippen molar-refractivity contribution in [3.63, 3.8) is 0 Å². The van der Waals surface area contributed by atoms with Crippen LogP contribution in [0.3, 0.4) is 0 Å². The Balaban J connectivity index is 3.23. The molecule has 4 N–H and O–H groups in total. The molecule has 1 rings (SSSR count). The van der Waals surface area contributed by atoms with Gasteiger partial charge in [-0.25, -0.2) is 5.53 Å². The first-order valence-electron chi connectivity index (χ1n) is 3.36. The average molecular weight is 164 g/mol. The molecule has 0 aliphatic carbocycles. The predicted octanol–water partition coefficient (Wildman–Crippen LogP) is 2.24. The molecule has 0 spiro atoms. The maximum atomic E-state index is 7.26. The van der Waals surface area contributed by atoms with Crippen molar-refractivity contribution >= 4 is 17.1 Å². The number of nitrogens with two attached hydrogens (primary N) is 1. The molecule has 5 heteroatoms. The minimum atomic E-state index is 0.462. The number of hydrogen-bond donors (Lipinski definition) is 3. The molecule has 0 aliphatic heterocycles. The minimum absolute atomic E-state index is 0.462. The lowest BCUT2D eigenvalue weighted by molar-refractivity contribution is -0.505. The number of nitrogen functional groups attached to an aromatic ring is 1. The van der Waals surface area contributed by atoms with Crippen LogP contribution < -0.4 is 5.73 Å². The molecule has 0 unspecified atom stereocenters. The molecule has 0 bridgehead atoms. The number of hydrogen-bond acceptors (Lipinski definition) is 4. The first-order chi connectivity index (χ1) is 5.63. The van der Waals surface area contributed by atoms with E-state index in [0.29, 0.717) is 17.1 Å². The lowest BCUT2D eigenvalue weighted by Gasteiger charge is -1.96. The molecular formula is C7H10N5+. The van der Waals surface area contributed by atoms with Gasteiger partial charge in [0.2, 0.25) is 5.69 Å². The molecule has 0 saturated heterocycles. The maximum Gasteiger partial charge on any atom is 0.235 e. The third-order valence-electron chi connectivity index (χ3n) is 1.44. The number of nitrogens with one attached hydrogen (secondary N) is 2. The Morgan fingerprint density at radius 3 is 2.58 bits per heavy atom. The first-order valence-corrected chi connectivity index (χ1v) is 3.36. The van der Waals surface area contributed by atoms with Crippen LogP contribution in [0.1, 0.15) is 0 Å². The van der Waals surface area contributed by atoms with E-state index in [9.17, 15) is 0 Å². The zero-order chi connectivity index (χ0) is 9.14. The van der Waals surface area contributed by atoms with E-state index in [2.05, 4.69) is 5.11 Å². The molecule has 12 heavy (non-hydrogen) atoms. The van der Waals surface area contributed by atoms with Crippen LogP contribution in [0.4, 0.5) is 17.1 Å². The molecule has 0 heterocycles. The van der Waals surface area contributed by atoms with E-state index in [1.54, 1.807) is 25.2 Å². The number of nitrogens with zero attached hydrogens (tertiary/aromatic N) is 2. The van der Waals surface area contributed by atoms with Gasteiger partial charge in [0.25, 0.3) is 0 Å². The van der Waals surface area contributed by atoms with Crippen LogP contribution in [-0.2, 0) is 0 Å². The zero-order valence-corrected chi connectivity index (χ0v) is 6.70. The molecule has 0 radical (unpaired) electrons. The number of rotatable bonds is 2. The highest BCUT2D eigenvalue weighted by Gasteiger charge is 2.05. The van der Waals surface area contributed by atoms with Gasteiger partial charge in [-0.3, -0.25) is 0 Å². The second kappa shape index (κ2) is 3.08. The first kappa shape index (κ1) is 8.32. The molecule has 5 nitrogen and oxygen atoms in total. The van der Waals surface area contributed by atoms with E-state index < -0.39 is 0 Å². The summed E-state index contributed by atoms with van der Waals surface area (Å²) in [6, 6.07) is 4.86. The maximum absolute atomic E-state index is 7.26. The van der Waals surface area contributed by atoms with Crippen LogP contribution in [0.25, 0.3) is 0 Å². The molecule has 0 amide bonds. The molecule has 1 aromatic rings. The summed E-state index contributed by atoms with van der Waals surface area (Å²) in [4.78, 5) is 0. The summed E-state index contributed by atoms with van der Waals surface area (Å²) in [5.74, 6) is 0. The van der Waals surface area contributed by atoms with Gasteiger partial charge in [0, 0.05) is 17.8 Å². The SMILES string of the molecule is C[N+](=N)c1cc(N)cc(N=N)c1. The highest BCUT2D eigenvalue weighted by atomic mass is 15.1. The Morgan fingerprint density at radius 1 is 1.42 bits per heavy atom. The van der Waals surface area contributed by atoms with Gasteiger partial charge >= 0.3 is 0 Å². The van der Waals surface area contributed by atoms with Crippen LogP contribution in [0.15, 0.2) is 23.3 Å². The summed E-state index contributed by atoms with van der Waals surface area (Å²) >= 11 is 0. The zero-order valence-electron chi connectivity index (χ0n) is 6.70. The Hall–Kier alpha value is -1.78. The average Bonchev–Trinajstić information content (AvgIpc) is 2.03. The van der Waals surface area contributed by atoms with Crippen molar-refractivity contribution in [1.82, 2.24) is 0 Å². The summed E-state index contributed by atoms with van der Waals surface area (Å²) in [5, 5.41) is 3.23. The van der Waals surface area contributed by atoms with E-state index in [0.717, 1.165) is 0 Å². The smallest absolute Gasteiger partial charge is 0.235 e. The van der Waals surface area contributed by atoms with Crippen LogP contribution in [0.5, 0.6) is 0 Å². The fourth-order valence-electron chi connectivity index (χ4n) is 0.876. The van der Waals surface area contributed by atoms with Gasteiger partial charge in [0.15, 0.2) is 7.05 Å². The Morgan fingerprint density at radius 2 is 2.08 bits per heavy atom. The van der Waals surface area contributed by atoms with Crippen molar-refractivity contribution in [2.75, 3.05) is 12.8 Å². The Bertz CT molecular complexity index is 331. The van der Waals surface area contributed by atoms with E-state index in [4.69, 9.17) is 16.8 Å². The van der Waals surface area contributed by atoms with Crippen molar-refractivity contribution in [3.8, 4) is 0 Å². The van der Waals surface area contributed by atoms with Crippen LogP contribution in [0.2, 0.25) is 0 Å². The van der Waals surface area contributed by atoms with Gasteiger partial charge in [-0.2, -0.15) is 5.11 Å². The molecule has 0 saturated carbocycles. The summed E-state index contributed by atoms with van der Waals surface area (Å²) < 4.78 is 1.17. The highest BCUT2D eigenvalue weighted by molar-refractivity contribution is 5.58. The van der Waals surface area contributed by atoms with E-state index in [-0.39, 0.29) is 0 Å². The number of benzene rings is 1. The summed E-state index contributed by atoms with van der Waals surface area (Å²) in [6.45, 7) is 0. The molecule has 0 fully saturated rings. The summed E-state index contributed by atoms with van der Waals surface area (Å²) in [7, 11) is 1.59. The second-order valence-electron chi connectivity index (χ2n) is 2.45. The van der Waals surface area contributed by atoms with Gasteiger partial charge in [0.05, 0.1) is 5.69 Å². The van der Waals surface area contributed by atoms with Crippen molar-refractivity contribution in [2.24, 2.45) is 5.11 Å². The van der Waals surface area contributed by atoms with Crippen molar-refractivity contribution in [2.45, 2.75) is 0 Å². The van der Waals surface area contributed by atoms with Gasteiger partial charge in [-0.15, -0.1) is 0 Å². The van der Waals surface area contributed by atoms with Gasteiger partial charge in [-0.05, 0) is 6.07 Å². The predicted molar refractivity (Wildman–Crippen MR) is 44.2 cm³/mol. The molecular weight excluding hydrogens is 154 g/mol. The van der Waals surface area contributed by atoms with Crippen molar-refractivity contribution in [1.29, 1.82) is 11.1 Å². The third kappa shape index (κ3) is 1.63. The van der Waals surface area contributed by atoms with E-state index >= 15 is 0 Å². The lowest BCUT2D eigenvalue weighted by Crippen LogP contribution is -1.92. The van der Waals surface area contributed by atoms with Crippen molar-refractivity contribution in [3.05, 3.63) is 18.2 Å². The molecule has 0 atom stereocenters. The van der Waals surface area contributed by atoms with Crippen LogP contribution >= 0.6 is 0 Å². The highest BCUT2D eigenvalue weighted by Crippen LogP contribution is 2.23. The molecule has 0 aromatic heterocycles. The lowest BCUT2D eigenvalue weighted by atomic mass is 10.2. The van der Waals surface area contributed by atoms with Gasteiger partial charge in [-0.1, -0.05) is 10.2 Å². The second-order valence-corrected chi connectivity index (χ2v) is 2.45. The fraction of sp³-hybridized carbons (Fsp3) is 0.143. The van der Waals surface area contributed by atoms with Gasteiger partial charge < -0.3 is 5.73 Å². The fourth-order valence-corrected chi connectivity index (χ4v) is 0.876. The summed E-state index contributed by atoms with van der Waals surface area (Å²) in [6.07, 6.45) is 0. The monoisotopic (exact) mass is 164 g/mol. The van der Waals surface area contributed by atoms with Crippen molar-refractivity contribution < 1.29 is 4.70 Å².